The molecule has 20 heavy (non-hydrogen) atoms. The Bertz CT molecular complexity index is 450. The number of hydrogen-bond donors (Lipinski definition) is 2. The first-order chi connectivity index (χ1) is 9.56. The van der Waals surface area contributed by atoms with Crippen LogP contribution in [0.2, 0.25) is 0 Å². The van der Waals surface area contributed by atoms with E-state index in [1.54, 1.807) is 0 Å². The zero-order chi connectivity index (χ0) is 14.5. The second-order valence-corrected chi connectivity index (χ2v) is 7.23. The minimum atomic E-state index is 0.0526. The molecule has 0 saturated carbocycles. The first-order valence-corrected chi connectivity index (χ1v) is 8.33. The van der Waals surface area contributed by atoms with E-state index in [2.05, 4.69) is 29.5 Å². The van der Waals surface area contributed by atoms with Gasteiger partial charge in [-0.1, -0.05) is 13.8 Å². The monoisotopic (exact) mass is 295 g/mol. The van der Waals surface area contributed by atoms with Crippen LogP contribution in [0.3, 0.4) is 0 Å². The molecule has 2 N–H and O–H groups in total. The van der Waals surface area contributed by atoms with Crippen molar-refractivity contribution < 1.29 is 4.79 Å². The molecule has 1 aromatic heterocycles. The van der Waals surface area contributed by atoms with E-state index < -0.39 is 0 Å². The maximum atomic E-state index is 12.3. The molecule has 2 rings (SSSR count). The Morgan fingerprint density at radius 2 is 2.35 bits per heavy atom. The number of aromatic nitrogens is 1. The van der Waals surface area contributed by atoms with E-state index in [1.165, 1.54) is 24.2 Å². The molecule has 1 fully saturated rings. The Kier molecular flexibility index (Phi) is 5.54. The standard InChI is InChI=1S/C15H25N3OS/c1-10(2)7-13-14(20-11(3)18-13)15(19)17-9-12-5-4-6-16-8-12/h10,12,16H,4-9H2,1-3H3,(H,17,19). The van der Waals surface area contributed by atoms with E-state index in [1.807, 2.05) is 6.92 Å². The predicted molar refractivity (Wildman–Crippen MR) is 83.3 cm³/mol. The number of piperidine rings is 1. The quantitative estimate of drug-likeness (QED) is 0.877. The SMILES string of the molecule is Cc1nc(CC(C)C)c(C(=O)NCC2CCCNC2)s1. The van der Waals surface area contributed by atoms with Crippen LogP contribution in [0.25, 0.3) is 0 Å². The molecular weight excluding hydrogens is 270 g/mol. The molecular formula is C15H25N3OS. The Balaban J connectivity index is 1.94. The molecule has 1 aliphatic heterocycles. The van der Waals surface area contributed by atoms with Gasteiger partial charge in [0.05, 0.1) is 10.7 Å². The third kappa shape index (κ3) is 4.28. The van der Waals surface area contributed by atoms with Crippen LogP contribution in [0.4, 0.5) is 0 Å². The van der Waals surface area contributed by atoms with Crippen LogP contribution in [0.1, 0.15) is 47.1 Å². The van der Waals surface area contributed by atoms with Crippen molar-refractivity contribution in [3.05, 3.63) is 15.6 Å². The summed E-state index contributed by atoms with van der Waals surface area (Å²) in [6.45, 7) is 9.17. The average Bonchev–Trinajstić information content (AvgIpc) is 2.77. The summed E-state index contributed by atoms with van der Waals surface area (Å²) in [5.41, 5.74) is 0.960. The van der Waals surface area contributed by atoms with E-state index >= 15 is 0 Å². The number of thiazole rings is 1. The van der Waals surface area contributed by atoms with E-state index in [9.17, 15) is 4.79 Å². The van der Waals surface area contributed by atoms with Gasteiger partial charge in [0.1, 0.15) is 4.88 Å². The van der Waals surface area contributed by atoms with Crippen molar-refractivity contribution in [3.63, 3.8) is 0 Å². The largest absolute Gasteiger partial charge is 0.351 e. The predicted octanol–water partition coefficient (Wildman–Crippen LogP) is 2.38. The summed E-state index contributed by atoms with van der Waals surface area (Å²) in [6, 6.07) is 0. The first-order valence-electron chi connectivity index (χ1n) is 7.51. The number of aryl methyl sites for hydroxylation is 1. The average molecular weight is 295 g/mol. The number of nitrogens with one attached hydrogen (secondary N) is 2. The number of rotatable bonds is 5. The summed E-state index contributed by atoms with van der Waals surface area (Å²) >= 11 is 1.51. The van der Waals surface area contributed by atoms with Gasteiger partial charge < -0.3 is 10.6 Å². The van der Waals surface area contributed by atoms with Crippen LogP contribution in [0.5, 0.6) is 0 Å². The summed E-state index contributed by atoms with van der Waals surface area (Å²) in [4.78, 5) is 17.7. The Hall–Kier alpha value is -0.940. The minimum Gasteiger partial charge on any atom is -0.351 e. The zero-order valence-electron chi connectivity index (χ0n) is 12.7. The normalized spacial score (nSPS) is 19.3. The first kappa shape index (κ1) is 15.4. The second kappa shape index (κ2) is 7.18. The lowest BCUT2D eigenvalue weighted by Crippen LogP contribution is -2.38. The van der Waals surface area contributed by atoms with Gasteiger partial charge in [0, 0.05) is 6.54 Å². The molecule has 0 spiro atoms. The molecule has 0 aliphatic carbocycles. The molecule has 1 amide bonds. The van der Waals surface area contributed by atoms with Crippen molar-refractivity contribution in [2.24, 2.45) is 11.8 Å². The van der Waals surface area contributed by atoms with Gasteiger partial charge in [0.25, 0.3) is 5.91 Å². The van der Waals surface area contributed by atoms with Gasteiger partial charge in [0.15, 0.2) is 0 Å². The number of hydrogen-bond acceptors (Lipinski definition) is 4. The van der Waals surface area contributed by atoms with Crippen molar-refractivity contribution in [3.8, 4) is 0 Å². The van der Waals surface area contributed by atoms with E-state index in [-0.39, 0.29) is 5.91 Å². The lowest BCUT2D eigenvalue weighted by atomic mass is 10.00. The fraction of sp³-hybridized carbons (Fsp3) is 0.733. The van der Waals surface area contributed by atoms with Gasteiger partial charge in [-0.2, -0.15) is 0 Å². The third-order valence-electron chi connectivity index (χ3n) is 3.56. The molecule has 0 aromatic carbocycles. The molecule has 1 atom stereocenters. The highest BCUT2D eigenvalue weighted by Gasteiger charge is 2.19. The van der Waals surface area contributed by atoms with Gasteiger partial charge in [-0.15, -0.1) is 11.3 Å². The molecule has 1 aromatic rings. The molecule has 112 valence electrons. The third-order valence-corrected chi connectivity index (χ3v) is 4.57. The van der Waals surface area contributed by atoms with Gasteiger partial charge in [0.2, 0.25) is 0 Å². The summed E-state index contributed by atoms with van der Waals surface area (Å²) < 4.78 is 0. The van der Waals surface area contributed by atoms with Crippen molar-refractivity contribution in [2.45, 2.75) is 40.0 Å². The number of carbonyl (C=O) groups excluding carboxylic acids is 1. The molecule has 1 aliphatic rings. The van der Waals surface area contributed by atoms with Crippen molar-refractivity contribution >= 4 is 17.2 Å². The van der Waals surface area contributed by atoms with E-state index in [4.69, 9.17) is 0 Å². The second-order valence-electron chi connectivity index (χ2n) is 6.03. The Morgan fingerprint density at radius 1 is 1.55 bits per heavy atom. The Morgan fingerprint density at radius 3 is 3.00 bits per heavy atom. The van der Waals surface area contributed by atoms with Gasteiger partial charge in [-0.05, 0) is 51.1 Å². The fourth-order valence-electron chi connectivity index (χ4n) is 2.59. The lowest BCUT2D eigenvalue weighted by Gasteiger charge is -2.22. The van der Waals surface area contributed by atoms with Crippen LogP contribution in [-0.4, -0.2) is 30.5 Å². The van der Waals surface area contributed by atoms with Crippen LogP contribution in [0, 0.1) is 18.8 Å². The minimum absolute atomic E-state index is 0.0526. The van der Waals surface area contributed by atoms with Gasteiger partial charge in [-0.3, -0.25) is 4.79 Å². The van der Waals surface area contributed by atoms with Crippen LogP contribution in [0.15, 0.2) is 0 Å². The highest BCUT2D eigenvalue weighted by Crippen LogP contribution is 2.21. The fourth-order valence-corrected chi connectivity index (χ4v) is 3.45. The van der Waals surface area contributed by atoms with E-state index in [0.717, 1.165) is 41.6 Å². The summed E-state index contributed by atoms with van der Waals surface area (Å²) in [6.07, 6.45) is 3.28. The summed E-state index contributed by atoms with van der Waals surface area (Å²) in [5.74, 6) is 1.14. The number of carbonyl (C=O) groups is 1. The van der Waals surface area contributed by atoms with Crippen LogP contribution >= 0.6 is 11.3 Å². The highest BCUT2D eigenvalue weighted by molar-refractivity contribution is 7.13. The zero-order valence-corrected chi connectivity index (χ0v) is 13.5. The van der Waals surface area contributed by atoms with Crippen LogP contribution < -0.4 is 10.6 Å². The Labute approximate surface area is 125 Å². The van der Waals surface area contributed by atoms with Gasteiger partial charge in [-0.25, -0.2) is 4.98 Å². The van der Waals surface area contributed by atoms with Gasteiger partial charge >= 0.3 is 0 Å². The van der Waals surface area contributed by atoms with Crippen molar-refractivity contribution in [1.82, 2.24) is 15.6 Å². The van der Waals surface area contributed by atoms with Crippen LogP contribution in [-0.2, 0) is 6.42 Å². The van der Waals surface area contributed by atoms with Crippen molar-refractivity contribution in [2.75, 3.05) is 19.6 Å². The lowest BCUT2D eigenvalue weighted by molar-refractivity contribution is 0.0947. The maximum Gasteiger partial charge on any atom is 0.263 e. The highest BCUT2D eigenvalue weighted by atomic mass is 32.1. The smallest absolute Gasteiger partial charge is 0.263 e. The molecule has 2 heterocycles. The summed E-state index contributed by atoms with van der Waals surface area (Å²) in [5, 5.41) is 7.44. The number of nitrogens with zero attached hydrogens (tertiary/aromatic N) is 1. The molecule has 0 bridgehead atoms. The van der Waals surface area contributed by atoms with Crippen molar-refractivity contribution in [1.29, 1.82) is 0 Å². The molecule has 5 heteroatoms. The molecule has 1 unspecified atom stereocenters. The number of amides is 1. The maximum absolute atomic E-state index is 12.3. The van der Waals surface area contributed by atoms with E-state index in [0.29, 0.717) is 11.8 Å². The topological polar surface area (TPSA) is 54.0 Å². The summed E-state index contributed by atoms with van der Waals surface area (Å²) in [7, 11) is 0. The molecule has 0 radical (unpaired) electrons. The molecule has 1 saturated heterocycles. The molecule has 4 nitrogen and oxygen atoms in total.